The summed E-state index contributed by atoms with van der Waals surface area (Å²) in [6.45, 7) is 2.44. The van der Waals surface area contributed by atoms with E-state index in [-0.39, 0.29) is 18.3 Å². The summed E-state index contributed by atoms with van der Waals surface area (Å²) in [5, 5.41) is 3.80. The van der Waals surface area contributed by atoms with E-state index < -0.39 is 12.6 Å². The van der Waals surface area contributed by atoms with Crippen LogP contribution >= 0.6 is 11.3 Å². The number of thiophene rings is 1. The Balaban J connectivity index is 2.22. The maximum Gasteiger partial charge on any atom is 0.389 e. The maximum absolute atomic E-state index is 13.1. The quantitative estimate of drug-likeness (QED) is 0.764. The Bertz CT molecular complexity index is 576. The lowest BCUT2D eigenvalue weighted by Crippen LogP contribution is -2.22. The van der Waals surface area contributed by atoms with Crippen LogP contribution in [0, 0.1) is 5.82 Å². The molecule has 1 aromatic heterocycles. The first-order chi connectivity index (χ1) is 9.39. The second-order valence-electron chi connectivity index (χ2n) is 4.60. The molecule has 0 amide bonds. The molecule has 1 nitrogen and oxygen atoms in total. The molecule has 110 valence electrons. The van der Waals surface area contributed by atoms with Gasteiger partial charge in [0.25, 0.3) is 0 Å². The smallest absolute Gasteiger partial charge is 0.310 e. The Kier molecular flexibility index (Phi) is 4.65. The fraction of sp³-hybridized carbons (Fsp3) is 0.429. The van der Waals surface area contributed by atoms with Gasteiger partial charge < -0.3 is 5.32 Å². The molecule has 0 saturated carbocycles. The zero-order valence-corrected chi connectivity index (χ0v) is 11.7. The van der Waals surface area contributed by atoms with E-state index in [0.29, 0.717) is 6.54 Å². The normalized spacial score (nSPS) is 13.8. The fourth-order valence-electron chi connectivity index (χ4n) is 2.11. The van der Waals surface area contributed by atoms with E-state index in [4.69, 9.17) is 0 Å². The van der Waals surface area contributed by atoms with Crippen molar-refractivity contribution in [3.63, 3.8) is 0 Å². The second-order valence-corrected chi connectivity index (χ2v) is 5.71. The zero-order chi connectivity index (χ0) is 14.8. The Morgan fingerprint density at radius 3 is 2.65 bits per heavy atom. The molecule has 0 fully saturated rings. The number of hydrogen-bond acceptors (Lipinski definition) is 2. The van der Waals surface area contributed by atoms with Crippen molar-refractivity contribution in [1.29, 1.82) is 0 Å². The van der Waals surface area contributed by atoms with Gasteiger partial charge in [0.05, 0.1) is 0 Å². The number of alkyl halides is 3. The topological polar surface area (TPSA) is 12.0 Å². The molecule has 1 unspecified atom stereocenters. The zero-order valence-electron chi connectivity index (χ0n) is 10.9. The molecule has 1 aromatic carbocycles. The molecule has 0 aliphatic carbocycles. The van der Waals surface area contributed by atoms with Gasteiger partial charge in [0.1, 0.15) is 5.82 Å². The molecule has 1 heterocycles. The number of halogens is 4. The Morgan fingerprint density at radius 2 is 2.00 bits per heavy atom. The fourth-order valence-corrected chi connectivity index (χ4v) is 3.26. The Morgan fingerprint density at radius 1 is 1.25 bits per heavy atom. The van der Waals surface area contributed by atoms with Gasteiger partial charge in [-0.2, -0.15) is 13.2 Å². The van der Waals surface area contributed by atoms with Crippen LogP contribution in [0.5, 0.6) is 0 Å². The number of fused-ring (bicyclic) bond motifs is 1. The van der Waals surface area contributed by atoms with E-state index in [0.717, 1.165) is 15.0 Å². The third-order valence-corrected chi connectivity index (χ3v) is 4.24. The minimum Gasteiger partial charge on any atom is -0.310 e. The van der Waals surface area contributed by atoms with Crippen molar-refractivity contribution in [1.82, 2.24) is 5.32 Å². The molecule has 2 rings (SSSR count). The van der Waals surface area contributed by atoms with Crippen molar-refractivity contribution in [2.45, 2.75) is 32.0 Å². The summed E-state index contributed by atoms with van der Waals surface area (Å²) < 4.78 is 51.1. The number of hydrogen-bond donors (Lipinski definition) is 1. The van der Waals surface area contributed by atoms with Crippen LogP contribution in [0.1, 0.15) is 30.7 Å². The summed E-state index contributed by atoms with van der Waals surface area (Å²) in [6, 6.07) is 5.85. The first-order valence-electron chi connectivity index (χ1n) is 6.38. The lowest BCUT2D eigenvalue weighted by molar-refractivity contribution is -0.136. The van der Waals surface area contributed by atoms with Crippen molar-refractivity contribution >= 4 is 21.4 Å². The molecule has 6 heteroatoms. The standard InChI is InChI=1S/C14H15F4NS/c1-2-19-11(5-6-14(16,17)18)13-8-9-7-10(15)3-4-12(9)20-13/h3-4,7-8,11,19H,2,5-6H2,1H3. The van der Waals surface area contributed by atoms with Crippen LogP contribution in [0.4, 0.5) is 17.6 Å². The predicted octanol–water partition coefficient (Wildman–Crippen LogP) is 5.03. The lowest BCUT2D eigenvalue weighted by Gasteiger charge is -2.17. The third kappa shape index (κ3) is 3.93. The molecule has 0 spiro atoms. The summed E-state index contributed by atoms with van der Waals surface area (Å²) in [7, 11) is 0. The molecule has 20 heavy (non-hydrogen) atoms. The van der Waals surface area contributed by atoms with Gasteiger partial charge in [0.2, 0.25) is 0 Å². The molecule has 1 atom stereocenters. The summed E-state index contributed by atoms with van der Waals surface area (Å²) >= 11 is 1.41. The second kappa shape index (κ2) is 6.10. The van der Waals surface area contributed by atoms with Crippen LogP contribution in [-0.2, 0) is 0 Å². The highest BCUT2D eigenvalue weighted by Gasteiger charge is 2.29. The van der Waals surface area contributed by atoms with Gasteiger partial charge in [-0.25, -0.2) is 4.39 Å². The van der Waals surface area contributed by atoms with Gasteiger partial charge in [0.15, 0.2) is 0 Å². The largest absolute Gasteiger partial charge is 0.389 e. The van der Waals surface area contributed by atoms with E-state index in [1.807, 2.05) is 6.92 Å². The molecule has 0 aliphatic rings. The molecule has 0 saturated heterocycles. The van der Waals surface area contributed by atoms with Crippen molar-refractivity contribution < 1.29 is 17.6 Å². The number of nitrogens with one attached hydrogen (secondary N) is 1. The molecular weight excluding hydrogens is 290 g/mol. The maximum atomic E-state index is 13.1. The van der Waals surface area contributed by atoms with Crippen molar-refractivity contribution in [3.8, 4) is 0 Å². The van der Waals surface area contributed by atoms with Gasteiger partial charge in [0, 0.05) is 22.0 Å². The minimum absolute atomic E-state index is 0.00730. The molecule has 1 N–H and O–H groups in total. The van der Waals surface area contributed by atoms with Gasteiger partial charge in [-0.15, -0.1) is 11.3 Å². The van der Waals surface area contributed by atoms with Gasteiger partial charge in [-0.1, -0.05) is 6.92 Å². The molecule has 0 radical (unpaired) electrons. The van der Waals surface area contributed by atoms with E-state index in [9.17, 15) is 17.6 Å². The van der Waals surface area contributed by atoms with Crippen LogP contribution in [-0.4, -0.2) is 12.7 Å². The minimum atomic E-state index is -4.16. The summed E-state index contributed by atoms with van der Waals surface area (Å²) in [6.07, 6.45) is -4.99. The number of benzene rings is 1. The Labute approximate surface area is 118 Å². The van der Waals surface area contributed by atoms with Crippen molar-refractivity contribution in [3.05, 3.63) is 35.0 Å². The first kappa shape index (κ1) is 15.3. The summed E-state index contributed by atoms with van der Waals surface area (Å²) in [4.78, 5) is 0.816. The number of rotatable bonds is 5. The van der Waals surface area contributed by atoms with Crippen LogP contribution in [0.15, 0.2) is 24.3 Å². The molecule has 2 aromatic rings. The lowest BCUT2D eigenvalue weighted by atomic mass is 10.1. The SMILES string of the molecule is CCNC(CCC(F)(F)F)c1cc2cc(F)ccc2s1. The highest BCUT2D eigenvalue weighted by atomic mass is 32.1. The summed E-state index contributed by atoms with van der Waals surface area (Å²) in [5.41, 5.74) is 0. The van der Waals surface area contributed by atoms with E-state index in [1.54, 1.807) is 12.1 Å². The van der Waals surface area contributed by atoms with Crippen LogP contribution in [0.3, 0.4) is 0 Å². The average molecular weight is 305 g/mol. The van der Waals surface area contributed by atoms with Gasteiger partial charge in [-0.05, 0) is 42.6 Å². The molecule has 0 bridgehead atoms. The Hall–Kier alpha value is -1.14. The summed E-state index contributed by atoms with van der Waals surface area (Å²) in [5.74, 6) is -0.336. The molecular formula is C14H15F4NS. The van der Waals surface area contributed by atoms with Crippen LogP contribution in [0.2, 0.25) is 0 Å². The van der Waals surface area contributed by atoms with E-state index >= 15 is 0 Å². The van der Waals surface area contributed by atoms with E-state index in [2.05, 4.69) is 5.32 Å². The average Bonchev–Trinajstić information content (AvgIpc) is 2.75. The van der Waals surface area contributed by atoms with Gasteiger partial charge in [-0.3, -0.25) is 0 Å². The van der Waals surface area contributed by atoms with Crippen molar-refractivity contribution in [2.75, 3.05) is 6.54 Å². The predicted molar refractivity (Wildman–Crippen MR) is 73.5 cm³/mol. The monoisotopic (exact) mass is 305 g/mol. The first-order valence-corrected chi connectivity index (χ1v) is 7.20. The highest BCUT2D eigenvalue weighted by Crippen LogP contribution is 2.34. The van der Waals surface area contributed by atoms with Gasteiger partial charge >= 0.3 is 6.18 Å². The molecule has 0 aliphatic heterocycles. The van der Waals surface area contributed by atoms with E-state index in [1.165, 1.54) is 23.5 Å². The highest BCUT2D eigenvalue weighted by molar-refractivity contribution is 7.19. The van der Waals surface area contributed by atoms with Crippen molar-refractivity contribution in [2.24, 2.45) is 0 Å². The third-order valence-electron chi connectivity index (χ3n) is 3.01. The van der Waals surface area contributed by atoms with Crippen LogP contribution < -0.4 is 5.32 Å². The van der Waals surface area contributed by atoms with Crippen LogP contribution in [0.25, 0.3) is 10.1 Å².